The molecule has 1 heterocycles. The zero-order valence-corrected chi connectivity index (χ0v) is 11.9. The van der Waals surface area contributed by atoms with Crippen LogP contribution >= 0.6 is 0 Å². The molecule has 0 unspecified atom stereocenters. The van der Waals surface area contributed by atoms with E-state index in [-0.39, 0.29) is 24.0 Å². The Kier molecular flexibility index (Phi) is 5.68. The fourth-order valence-corrected chi connectivity index (χ4v) is 2.28. The van der Waals surface area contributed by atoms with Crippen LogP contribution in [0.25, 0.3) is 0 Å². The third-order valence-corrected chi connectivity index (χ3v) is 3.41. The van der Waals surface area contributed by atoms with Gasteiger partial charge in [-0.15, -0.1) is 0 Å². The molecule has 6 heteroatoms. The summed E-state index contributed by atoms with van der Waals surface area (Å²) in [4.78, 5) is 25.2. The lowest BCUT2D eigenvalue weighted by Gasteiger charge is -2.15. The van der Waals surface area contributed by atoms with Crippen molar-refractivity contribution in [2.24, 2.45) is 0 Å². The minimum atomic E-state index is -0.463. The number of nitrogens with zero attached hydrogens (tertiary/aromatic N) is 1. The summed E-state index contributed by atoms with van der Waals surface area (Å²) in [6.45, 7) is 2.18. The second-order valence-corrected chi connectivity index (χ2v) is 5.04. The Labute approximate surface area is 123 Å². The molecule has 1 aromatic carbocycles. The predicted molar refractivity (Wildman–Crippen MR) is 78.3 cm³/mol. The standard InChI is InChI=1S/C15H20FN3O2/c16-12-5-1-2-6-13(12)18-14(20)11-17-8-7-15(21)19-9-3-4-10-19/h1-2,5-6,17H,3-4,7-11H2,(H,18,20). The number of hydrogen-bond donors (Lipinski definition) is 2. The van der Waals surface area contributed by atoms with Gasteiger partial charge in [-0.05, 0) is 25.0 Å². The SMILES string of the molecule is O=C(CNCCC(=O)N1CCCC1)Nc1ccccc1F. The summed E-state index contributed by atoms with van der Waals surface area (Å²) in [6, 6.07) is 6.01. The Morgan fingerprint density at radius 3 is 2.62 bits per heavy atom. The largest absolute Gasteiger partial charge is 0.343 e. The first-order valence-electron chi connectivity index (χ1n) is 7.19. The van der Waals surface area contributed by atoms with Crippen LogP contribution in [0, 0.1) is 5.82 Å². The van der Waals surface area contributed by atoms with Gasteiger partial charge >= 0.3 is 0 Å². The summed E-state index contributed by atoms with van der Waals surface area (Å²) in [5.41, 5.74) is 0.164. The van der Waals surface area contributed by atoms with Crippen molar-refractivity contribution in [2.45, 2.75) is 19.3 Å². The van der Waals surface area contributed by atoms with Crippen LogP contribution in [-0.2, 0) is 9.59 Å². The van der Waals surface area contributed by atoms with Crippen LogP contribution < -0.4 is 10.6 Å². The van der Waals surface area contributed by atoms with Crippen LogP contribution in [0.1, 0.15) is 19.3 Å². The highest BCUT2D eigenvalue weighted by Gasteiger charge is 2.17. The summed E-state index contributed by atoms with van der Waals surface area (Å²) in [7, 11) is 0. The van der Waals surface area contributed by atoms with Crippen LogP contribution in [-0.4, -0.2) is 42.9 Å². The number of carbonyl (C=O) groups is 2. The summed E-state index contributed by atoms with van der Waals surface area (Å²) in [5, 5.41) is 5.38. The van der Waals surface area contributed by atoms with Crippen molar-refractivity contribution >= 4 is 17.5 Å². The molecular weight excluding hydrogens is 273 g/mol. The normalized spacial score (nSPS) is 14.2. The number of rotatable bonds is 6. The number of anilines is 1. The smallest absolute Gasteiger partial charge is 0.238 e. The maximum Gasteiger partial charge on any atom is 0.238 e. The monoisotopic (exact) mass is 293 g/mol. The van der Waals surface area contributed by atoms with Gasteiger partial charge in [-0.2, -0.15) is 0 Å². The van der Waals surface area contributed by atoms with Crippen LogP contribution in [0.4, 0.5) is 10.1 Å². The molecule has 0 bridgehead atoms. The van der Waals surface area contributed by atoms with Crippen LogP contribution in [0.15, 0.2) is 24.3 Å². The van der Waals surface area contributed by atoms with Gasteiger partial charge in [0.1, 0.15) is 5.82 Å². The molecule has 2 N–H and O–H groups in total. The molecule has 2 rings (SSSR count). The molecule has 0 atom stereocenters. The molecule has 114 valence electrons. The van der Waals surface area contributed by atoms with Gasteiger partial charge < -0.3 is 15.5 Å². The molecule has 1 aliphatic heterocycles. The fourth-order valence-electron chi connectivity index (χ4n) is 2.28. The first-order chi connectivity index (χ1) is 10.2. The minimum absolute atomic E-state index is 0.0572. The van der Waals surface area contributed by atoms with Gasteiger partial charge in [0.15, 0.2) is 0 Å². The zero-order valence-electron chi connectivity index (χ0n) is 11.9. The van der Waals surface area contributed by atoms with Gasteiger partial charge in [0, 0.05) is 26.1 Å². The van der Waals surface area contributed by atoms with Gasteiger partial charge in [-0.1, -0.05) is 12.1 Å². The minimum Gasteiger partial charge on any atom is -0.343 e. The maximum atomic E-state index is 13.3. The second-order valence-electron chi connectivity index (χ2n) is 5.04. The molecule has 1 aliphatic rings. The molecule has 0 aliphatic carbocycles. The Morgan fingerprint density at radius 2 is 1.90 bits per heavy atom. The van der Waals surface area contributed by atoms with Crippen molar-refractivity contribution in [3.63, 3.8) is 0 Å². The maximum absolute atomic E-state index is 13.3. The van der Waals surface area contributed by atoms with Gasteiger partial charge in [0.25, 0.3) is 0 Å². The third kappa shape index (κ3) is 4.82. The van der Waals surface area contributed by atoms with Crippen molar-refractivity contribution in [2.75, 3.05) is 31.5 Å². The van der Waals surface area contributed by atoms with Crippen LogP contribution in [0.2, 0.25) is 0 Å². The van der Waals surface area contributed by atoms with E-state index in [0.29, 0.717) is 13.0 Å². The molecule has 1 fully saturated rings. The fraction of sp³-hybridized carbons (Fsp3) is 0.467. The number of nitrogens with one attached hydrogen (secondary N) is 2. The second kappa shape index (κ2) is 7.73. The first-order valence-corrected chi connectivity index (χ1v) is 7.19. The average molecular weight is 293 g/mol. The molecule has 1 aromatic rings. The third-order valence-electron chi connectivity index (χ3n) is 3.41. The highest BCUT2D eigenvalue weighted by molar-refractivity contribution is 5.92. The van der Waals surface area contributed by atoms with E-state index in [4.69, 9.17) is 0 Å². The molecule has 21 heavy (non-hydrogen) atoms. The lowest BCUT2D eigenvalue weighted by atomic mass is 10.3. The van der Waals surface area contributed by atoms with E-state index >= 15 is 0 Å². The number of para-hydroxylation sites is 1. The van der Waals surface area contributed by atoms with Crippen molar-refractivity contribution < 1.29 is 14.0 Å². The Bertz CT molecular complexity index is 501. The molecular formula is C15H20FN3O2. The first kappa shape index (κ1) is 15.4. The van der Waals surface area contributed by atoms with Crippen molar-refractivity contribution in [1.29, 1.82) is 0 Å². The van der Waals surface area contributed by atoms with Crippen LogP contribution in [0.5, 0.6) is 0 Å². The molecule has 1 saturated heterocycles. The number of benzene rings is 1. The van der Waals surface area contributed by atoms with Gasteiger partial charge in [0.2, 0.25) is 11.8 Å². The van der Waals surface area contributed by atoms with Gasteiger partial charge in [-0.25, -0.2) is 4.39 Å². The number of hydrogen-bond acceptors (Lipinski definition) is 3. The number of halogens is 1. The lowest BCUT2D eigenvalue weighted by molar-refractivity contribution is -0.130. The molecule has 0 radical (unpaired) electrons. The molecule has 0 spiro atoms. The lowest BCUT2D eigenvalue weighted by Crippen LogP contribution is -2.33. The molecule has 0 saturated carbocycles. The van der Waals surface area contributed by atoms with E-state index in [1.54, 1.807) is 12.1 Å². The molecule has 5 nitrogen and oxygen atoms in total. The number of amides is 2. The Morgan fingerprint density at radius 1 is 1.19 bits per heavy atom. The zero-order chi connectivity index (χ0) is 15.1. The highest BCUT2D eigenvalue weighted by atomic mass is 19.1. The van der Waals surface area contributed by atoms with E-state index in [1.165, 1.54) is 12.1 Å². The Balaban J connectivity index is 1.63. The van der Waals surface area contributed by atoms with E-state index < -0.39 is 5.82 Å². The average Bonchev–Trinajstić information content (AvgIpc) is 3.00. The summed E-state index contributed by atoms with van der Waals surface area (Å²) in [6.07, 6.45) is 2.53. The highest BCUT2D eigenvalue weighted by Crippen LogP contribution is 2.11. The molecule has 0 aromatic heterocycles. The van der Waals surface area contributed by atoms with Gasteiger partial charge in [-0.3, -0.25) is 9.59 Å². The number of likely N-dealkylation sites (tertiary alicyclic amines) is 1. The van der Waals surface area contributed by atoms with E-state index in [0.717, 1.165) is 25.9 Å². The predicted octanol–water partition coefficient (Wildman–Crippen LogP) is 1.37. The van der Waals surface area contributed by atoms with Crippen LogP contribution in [0.3, 0.4) is 0 Å². The van der Waals surface area contributed by atoms with Crippen molar-refractivity contribution in [3.05, 3.63) is 30.1 Å². The molecule has 2 amide bonds. The Hall–Kier alpha value is -1.95. The van der Waals surface area contributed by atoms with E-state index in [9.17, 15) is 14.0 Å². The van der Waals surface area contributed by atoms with E-state index in [2.05, 4.69) is 10.6 Å². The summed E-state index contributed by atoms with van der Waals surface area (Å²) >= 11 is 0. The summed E-state index contributed by atoms with van der Waals surface area (Å²) in [5.74, 6) is -0.668. The van der Waals surface area contributed by atoms with E-state index in [1.807, 2.05) is 4.90 Å². The summed E-state index contributed by atoms with van der Waals surface area (Å²) < 4.78 is 13.3. The van der Waals surface area contributed by atoms with Gasteiger partial charge in [0.05, 0.1) is 12.2 Å². The quantitative estimate of drug-likeness (QED) is 0.779. The van der Waals surface area contributed by atoms with Crippen molar-refractivity contribution in [3.8, 4) is 0 Å². The number of carbonyl (C=O) groups excluding carboxylic acids is 2. The van der Waals surface area contributed by atoms with Crippen molar-refractivity contribution in [1.82, 2.24) is 10.2 Å². The topological polar surface area (TPSA) is 61.4 Å².